The lowest BCUT2D eigenvalue weighted by Gasteiger charge is -2.07. The average Bonchev–Trinajstić information content (AvgIpc) is 2.87. The number of aromatic nitrogens is 2. The molecule has 0 atom stereocenters. The van der Waals surface area contributed by atoms with Crippen LogP contribution in [0.5, 0.6) is 5.75 Å². The fourth-order valence-corrected chi connectivity index (χ4v) is 3.81. The number of allylic oxidation sites excluding steroid dienone is 2. The van der Waals surface area contributed by atoms with Gasteiger partial charge in [0.15, 0.2) is 11.6 Å². The molecule has 0 aliphatic rings. The fraction of sp³-hybridized carbons (Fsp3) is 0.600. The molecular weight excluding hydrogens is 420 g/mol. The minimum Gasteiger partial charge on any atom is -0.490 e. The standard InChI is InChI=1S/C30H46N2O2/c1-3-5-6-7-8-9-10-11-12-16-24-34-29-25-31-30(32-26-29)28-20-18-27(19-21-28)17-14-13-15-23-33-22-4-2/h10-11,18-21,25-26H,3-9,12-17,22-24H2,1-2H3/b11-10+. The van der Waals surface area contributed by atoms with Gasteiger partial charge in [-0.3, -0.25) is 0 Å². The summed E-state index contributed by atoms with van der Waals surface area (Å²) in [6.07, 6.45) is 23.9. The molecule has 0 aliphatic carbocycles. The van der Waals surface area contributed by atoms with Gasteiger partial charge in [0.25, 0.3) is 0 Å². The molecule has 0 aliphatic heterocycles. The molecule has 0 bridgehead atoms. The monoisotopic (exact) mass is 466 g/mol. The Morgan fingerprint density at radius 1 is 0.676 bits per heavy atom. The molecule has 2 aromatic rings. The van der Waals surface area contributed by atoms with E-state index in [0.717, 1.165) is 62.5 Å². The van der Waals surface area contributed by atoms with Crippen LogP contribution >= 0.6 is 0 Å². The van der Waals surface area contributed by atoms with Gasteiger partial charge in [-0.15, -0.1) is 0 Å². The van der Waals surface area contributed by atoms with Gasteiger partial charge in [0.2, 0.25) is 0 Å². The number of nitrogens with zero attached hydrogens (tertiary/aromatic N) is 2. The first-order valence-corrected chi connectivity index (χ1v) is 13.6. The molecule has 2 rings (SSSR count). The largest absolute Gasteiger partial charge is 0.490 e. The van der Waals surface area contributed by atoms with Crippen molar-refractivity contribution in [1.82, 2.24) is 9.97 Å². The van der Waals surface area contributed by atoms with Crippen molar-refractivity contribution in [2.75, 3.05) is 19.8 Å². The lowest BCUT2D eigenvalue weighted by molar-refractivity contribution is 0.130. The number of unbranched alkanes of at least 4 members (excludes halogenated alkanes) is 8. The van der Waals surface area contributed by atoms with Crippen LogP contribution in [-0.2, 0) is 11.2 Å². The number of aryl methyl sites for hydroxylation is 1. The van der Waals surface area contributed by atoms with E-state index < -0.39 is 0 Å². The van der Waals surface area contributed by atoms with E-state index in [-0.39, 0.29) is 0 Å². The zero-order chi connectivity index (χ0) is 24.1. The Labute approximate surface area is 208 Å². The van der Waals surface area contributed by atoms with Crippen molar-refractivity contribution >= 4 is 0 Å². The van der Waals surface area contributed by atoms with Crippen LogP contribution < -0.4 is 4.74 Å². The second-order valence-electron chi connectivity index (χ2n) is 9.03. The van der Waals surface area contributed by atoms with Gasteiger partial charge in [0, 0.05) is 18.8 Å². The topological polar surface area (TPSA) is 44.2 Å². The van der Waals surface area contributed by atoms with Crippen LogP contribution in [-0.4, -0.2) is 29.8 Å². The van der Waals surface area contributed by atoms with E-state index in [1.54, 1.807) is 12.4 Å². The van der Waals surface area contributed by atoms with E-state index in [9.17, 15) is 0 Å². The summed E-state index contributed by atoms with van der Waals surface area (Å²) in [5.74, 6) is 1.48. The fourth-order valence-electron chi connectivity index (χ4n) is 3.81. The Morgan fingerprint density at radius 2 is 1.38 bits per heavy atom. The first-order valence-electron chi connectivity index (χ1n) is 13.6. The third-order valence-corrected chi connectivity index (χ3v) is 5.87. The Bertz CT molecular complexity index is 756. The number of rotatable bonds is 20. The normalized spacial score (nSPS) is 11.4. The van der Waals surface area contributed by atoms with Gasteiger partial charge in [-0.25, -0.2) is 9.97 Å². The maximum Gasteiger partial charge on any atom is 0.159 e. The molecule has 34 heavy (non-hydrogen) atoms. The maximum atomic E-state index is 5.81. The highest BCUT2D eigenvalue weighted by Crippen LogP contribution is 2.18. The summed E-state index contributed by atoms with van der Waals surface area (Å²) in [5, 5.41) is 0. The first kappa shape index (κ1) is 28.0. The minimum absolute atomic E-state index is 0.697. The summed E-state index contributed by atoms with van der Waals surface area (Å²) in [6, 6.07) is 8.61. The van der Waals surface area contributed by atoms with Gasteiger partial charge in [-0.1, -0.05) is 82.4 Å². The zero-order valence-corrected chi connectivity index (χ0v) is 21.6. The van der Waals surface area contributed by atoms with E-state index in [4.69, 9.17) is 9.47 Å². The molecule has 188 valence electrons. The van der Waals surface area contributed by atoms with Crippen molar-refractivity contribution in [1.29, 1.82) is 0 Å². The van der Waals surface area contributed by atoms with Crippen molar-refractivity contribution in [3.63, 3.8) is 0 Å². The van der Waals surface area contributed by atoms with Crippen LogP contribution in [0.2, 0.25) is 0 Å². The summed E-state index contributed by atoms with van der Waals surface area (Å²) in [7, 11) is 0. The Balaban J connectivity index is 1.59. The highest BCUT2D eigenvalue weighted by molar-refractivity contribution is 5.55. The van der Waals surface area contributed by atoms with Gasteiger partial charge in [-0.05, 0) is 56.9 Å². The van der Waals surface area contributed by atoms with Crippen molar-refractivity contribution in [3.8, 4) is 17.1 Å². The molecule has 0 N–H and O–H groups in total. The molecule has 0 unspecified atom stereocenters. The number of benzene rings is 1. The quantitative estimate of drug-likeness (QED) is 0.145. The molecule has 1 aromatic heterocycles. The Kier molecular flexibility index (Phi) is 15.8. The summed E-state index contributed by atoms with van der Waals surface area (Å²) in [5.41, 5.74) is 2.41. The second-order valence-corrected chi connectivity index (χ2v) is 9.03. The average molecular weight is 467 g/mol. The minimum atomic E-state index is 0.697. The van der Waals surface area contributed by atoms with Crippen molar-refractivity contribution in [2.24, 2.45) is 0 Å². The molecular formula is C30H46N2O2. The Morgan fingerprint density at radius 3 is 2.12 bits per heavy atom. The summed E-state index contributed by atoms with van der Waals surface area (Å²) < 4.78 is 11.3. The molecule has 1 heterocycles. The van der Waals surface area contributed by atoms with Crippen molar-refractivity contribution in [2.45, 2.75) is 97.3 Å². The molecule has 4 heteroatoms. The summed E-state index contributed by atoms with van der Waals surface area (Å²) in [4.78, 5) is 8.99. The third-order valence-electron chi connectivity index (χ3n) is 5.87. The molecule has 1 aromatic carbocycles. The molecule has 0 radical (unpaired) electrons. The number of hydrogen-bond acceptors (Lipinski definition) is 4. The van der Waals surface area contributed by atoms with Crippen LogP contribution in [0.4, 0.5) is 0 Å². The smallest absolute Gasteiger partial charge is 0.159 e. The molecule has 0 spiro atoms. The van der Waals surface area contributed by atoms with Crippen LogP contribution in [0.3, 0.4) is 0 Å². The predicted molar refractivity (Wildman–Crippen MR) is 143 cm³/mol. The highest BCUT2D eigenvalue weighted by atomic mass is 16.5. The Hall–Kier alpha value is -2.20. The lowest BCUT2D eigenvalue weighted by Crippen LogP contribution is -1.98. The van der Waals surface area contributed by atoms with E-state index in [2.05, 4.69) is 60.2 Å². The lowest BCUT2D eigenvalue weighted by atomic mass is 10.0. The van der Waals surface area contributed by atoms with Gasteiger partial charge in [0.1, 0.15) is 0 Å². The third kappa shape index (κ3) is 12.9. The van der Waals surface area contributed by atoms with E-state index >= 15 is 0 Å². The van der Waals surface area contributed by atoms with Crippen LogP contribution in [0.25, 0.3) is 11.4 Å². The van der Waals surface area contributed by atoms with E-state index in [1.807, 2.05) is 0 Å². The molecule has 0 amide bonds. The van der Waals surface area contributed by atoms with Crippen molar-refractivity contribution in [3.05, 3.63) is 54.4 Å². The van der Waals surface area contributed by atoms with Crippen LogP contribution in [0.15, 0.2) is 48.8 Å². The first-order chi connectivity index (χ1) is 16.8. The summed E-state index contributed by atoms with van der Waals surface area (Å²) >= 11 is 0. The predicted octanol–water partition coefficient (Wildman–Crippen LogP) is 8.36. The number of hydrogen-bond donors (Lipinski definition) is 0. The second kappa shape index (κ2) is 19.1. The van der Waals surface area contributed by atoms with E-state index in [0.29, 0.717) is 6.61 Å². The van der Waals surface area contributed by atoms with Crippen molar-refractivity contribution < 1.29 is 9.47 Å². The van der Waals surface area contributed by atoms with E-state index in [1.165, 1.54) is 56.9 Å². The molecule has 0 saturated heterocycles. The molecule has 0 fully saturated rings. The van der Waals surface area contributed by atoms with Gasteiger partial charge < -0.3 is 9.47 Å². The number of ether oxygens (including phenoxy) is 2. The van der Waals surface area contributed by atoms with Gasteiger partial charge in [0.05, 0.1) is 19.0 Å². The highest BCUT2D eigenvalue weighted by Gasteiger charge is 2.03. The summed E-state index contributed by atoms with van der Waals surface area (Å²) in [6.45, 7) is 6.88. The molecule has 0 saturated carbocycles. The zero-order valence-electron chi connectivity index (χ0n) is 21.6. The van der Waals surface area contributed by atoms with Crippen LogP contribution in [0.1, 0.15) is 96.5 Å². The van der Waals surface area contributed by atoms with Crippen LogP contribution in [0, 0.1) is 0 Å². The molecule has 4 nitrogen and oxygen atoms in total. The van der Waals surface area contributed by atoms with Gasteiger partial charge >= 0.3 is 0 Å². The van der Waals surface area contributed by atoms with Gasteiger partial charge in [-0.2, -0.15) is 0 Å². The SMILES string of the molecule is CCCCCCC/C=C/CCCOc1cnc(-c2ccc(CCCCCOCCC)cc2)nc1. The maximum absolute atomic E-state index is 5.81.